The molecule has 0 spiro atoms. The monoisotopic (exact) mass is 624 g/mol. The number of rotatable bonds is 7. The molecule has 0 nitrogen and oxygen atoms in total. The minimum Gasteiger partial charge on any atom is -0.0836 e. The predicted molar refractivity (Wildman–Crippen MR) is 204 cm³/mol. The molecule has 7 aromatic carbocycles. The molecule has 220 valence electrons. The summed E-state index contributed by atoms with van der Waals surface area (Å²) in [5.74, 6) is 0. The van der Waals surface area contributed by atoms with Gasteiger partial charge in [0, 0.05) is 0 Å². The van der Waals surface area contributed by atoms with E-state index in [4.69, 9.17) is 0 Å². The predicted octanol–water partition coefficient (Wildman–Crippen LogP) is 8.98. The SMILES string of the molecule is C1=Cc2c(ccc(P(c3ccccc3)c3ccccc3)c2-c2c(P(c3ccccc3)c3ccccc3)ccc3ccccc23)CC1. The molecule has 8 rings (SSSR count). The fourth-order valence-corrected chi connectivity index (χ4v) is 11.8. The van der Waals surface area contributed by atoms with Crippen molar-refractivity contribution in [2.45, 2.75) is 12.8 Å². The lowest BCUT2D eigenvalue weighted by molar-refractivity contribution is 0.987. The van der Waals surface area contributed by atoms with Crippen molar-refractivity contribution in [3.8, 4) is 11.1 Å². The fourth-order valence-electron chi connectivity index (χ4n) is 6.82. The van der Waals surface area contributed by atoms with Gasteiger partial charge in [-0.05, 0) is 93.5 Å². The summed E-state index contributed by atoms with van der Waals surface area (Å²) < 4.78 is 0. The second-order valence-electron chi connectivity index (χ2n) is 11.7. The van der Waals surface area contributed by atoms with Gasteiger partial charge < -0.3 is 0 Å². The minimum absolute atomic E-state index is 0.828. The third kappa shape index (κ3) is 5.43. The summed E-state index contributed by atoms with van der Waals surface area (Å²) in [6, 6.07) is 63.3. The summed E-state index contributed by atoms with van der Waals surface area (Å²) >= 11 is 0. The molecule has 0 atom stereocenters. The highest BCUT2D eigenvalue weighted by Crippen LogP contribution is 2.46. The van der Waals surface area contributed by atoms with E-state index in [1.807, 2.05) is 0 Å². The van der Waals surface area contributed by atoms with Gasteiger partial charge in [0.25, 0.3) is 0 Å². The Labute approximate surface area is 274 Å². The topological polar surface area (TPSA) is 0 Å². The van der Waals surface area contributed by atoms with Crippen molar-refractivity contribution in [1.82, 2.24) is 0 Å². The van der Waals surface area contributed by atoms with Crippen LogP contribution in [0.5, 0.6) is 0 Å². The van der Waals surface area contributed by atoms with E-state index in [0.717, 1.165) is 12.8 Å². The van der Waals surface area contributed by atoms with Crippen LogP contribution in [0, 0.1) is 0 Å². The molecule has 1 aliphatic rings. The molecule has 0 fully saturated rings. The molecule has 0 heterocycles. The van der Waals surface area contributed by atoms with Crippen LogP contribution in [-0.2, 0) is 6.42 Å². The van der Waals surface area contributed by atoms with Gasteiger partial charge >= 0.3 is 0 Å². The van der Waals surface area contributed by atoms with Crippen LogP contribution in [0.25, 0.3) is 28.0 Å². The van der Waals surface area contributed by atoms with Crippen molar-refractivity contribution >= 4 is 64.5 Å². The summed E-state index contributed by atoms with van der Waals surface area (Å²) in [6.45, 7) is 0. The zero-order valence-corrected chi connectivity index (χ0v) is 27.4. The minimum atomic E-state index is -0.834. The van der Waals surface area contributed by atoms with Crippen LogP contribution in [0.3, 0.4) is 0 Å². The Kier molecular flexibility index (Phi) is 8.17. The van der Waals surface area contributed by atoms with E-state index < -0.39 is 15.8 Å². The van der Waals surface area contributed by atoms with E-state index >= 15 is 0 Å². The Bertz CT molecular complexity index is 2060. The molecule has 0 aliphatic heterocycles. The maximum Gasteiger partial charge on any atom is -0.000895 e. The van der Waals surface area contributed by atoms with Gasteiger partial charge in [0.05, 0.1) is 0 Å². The Balaban J connectivity index is 1.51. The molecule has 0 saturated heterocycles. The normalized spacial score (nSPS) is 12.5. The molecule has 0 unspecified atom stereocenters. The summed E-state index contributed by atoms with van der Waals surface area (Å²) in [4.78, 5) is 0. The third-order valence-corrected chi connectivity index (χ3v) is 13.8. The standard InChI is InChI=1S/C44H34P2/c1-5-19-35(20-6-1)45(36-21-7-2-8-22-36)41-31-29-33-17-13-15-27-39(33)43(41)44-40-28-16-14-18-34(40)30-32-42(44)46(37-23-9-3-10-24-37)38-25-11-4-12-26-38/h1-13,15-17,19-32H,14,18H2. The highest BCUT2D eigenvalue weighted by Gasteiger charge is 2.29. The summed E-state index contributed by atoms with van der Waals surface area (Å²) in [5.41, 5.74) is 5.62. The first kappa shape index (κ1) is 28.8. The van der Waals surface area contributed by atoms with Crippen molar-refractivity contribution in [3.05, 3.63) is 187 Å². The summed E-state index contributed by atoms with van der Waals surface area (Å²) in [7, 11) is -1.66. The van der Waals surface area contributed by atoms with Crippen LogP contribution in [0.2, 0.25) is 0 Å². The molecule has 46 heavy (non-hydrogen) atoms. The van der Waals surface area contributed by atoms with Crippen LogP contribution in [-0.4, -0.2) is 0 Å². The van der Waals surface area contributed by atoms with Crippen LogP contribution in [0.4, 0.5) is 0 Å². The number of benzene rings is 7. The summed E-state index contributed by atoms with van der Waals surface area (Å²) in [5, 5.41) is 10.9. The number of aryl methyl sites for hydroxylation is 1. The number of allylic oxidation sites excluding steroid dienone is 1. The van der Waals surface area contributed by atoms with Crippen LogP contribution in [0.1, 0.15) is 17.5 Å². The van der Waals surface area contributed by atoms with Crippen LogP contribution >= 0.6 is 15.8 Å². The number of hydrogen-bond donors (Lipinski definition) is 0. The Morgan fingerprint density at radius 3 is 1.39 bits per heavy atom. The Morgan fingerprint density at radius 1 is 0.391 bits per heavy atom. The second-order valence-corrected chi connectivity index (χ2v) is 16.0. The van der Waals surface area contributed by atoms with E-state index in [-0.39, 0.29) is 0 Å². The van der Waals surface area contributed by atoms with Gasteiger partial charge in [-0.1, -0.05) is 182 Å². The molecule has 0 N–H and O–H groups in total. The first-order valence-corrected chi connectivity index (χ1v) is 18.7. The zero-order chi connectivity index (χ0) is 30.7. The van der Waals surface area contributed by atoms with E-state index in [0.29, 0.717) is 0 Å². The quantitative estimate of drug-likeness (QED) is 0.155. The summed E-state index contributed by atoms with van der Waals surface area (Å²) in [6.07, 6.45) is 6.95. The lowest BCUT2D eigenvalue weighted by atomic mass is 9.88. The second kappa shape index (κ2) is 13.0. The third-order valence-electron chi connectivity index (χ3n) is 8.88. The molecule has 0 aromatic heterocycles. The van der Waals surface area contributed by atoms with Crippen molar-refractivity contribution < 1.29 is 0 Å². The highest BCUT2D eigenvalue weighted by atomic mass is 31.1. The first-order valence-electron chi connectivity index (χ1n) is 16.0. The van der Waals surface area contributed by atoms with Gasteiger partial charge in [-0.2, -0.15) is 0 Å². The molecule has 0 bridgehead atoms. The molecule has 2 heteroatoms. The number of hydrogen-bond acceptors (Lipinski definition) is 0. The first-order chi connectivity index (χ1) is 22.9. The van der Waals surface area contributed by atoms with E-state index in [2.05, 4.69) is 182 Å². The van der Waals surface area contributed by atoms with E-state index in [1.54, 1.807) is 0 Å². The van der Waals surface area contributed by atoms with Crippen LogP contribution < -0.4 is 31.8 Å². The zero-order valence-electron chi connectivity index (χ0n) is 25.6. The molecule has 0 radical (unpaired) electrons. The lowest BCUT2D eigenvalue weighted by Crippen LogP contribution is -2.27. The van der Waals surface area contributed by atoms with Gasteiger partial charge in [-0.15, -0.1) is 0 Å². The molecule has 7 aromatic rings. The molecule has 1 aliphatic carbocycles. The molecule has 0 amide bonds. The highest BCUT2D eigenvalue weighted by molar-refractivity contribution is 7.80. The van der Waals surface area contributed by atoms with Gasteiger partial charge in [0.2, 0.25) is 0 Å². The number of fused-ring (bicyclic) bond motifs is 2. The molecular weight excluding hydrogens is 590 g/mol. The smallest absolute Gasteiger partial charge is 0.000895 e. The average Bonchev–Trinajstić information content (AvgIpc) is 3.14. The molecular formula is C44H34P2. The fraction of sp³-hybridized carbons (Fsp3) is 0.0455. The Morgan fingerprint density at radius 2 is 0.848 bits per heavy atom. The van der Waals surface area contributed by atoms with Crippen molar-refractivity contribution in [2.75, 3.05) is 0 Å². The largest absolute Gasteiger partial charge is 0.0836 e. The van der Waals surface area contributed by atoms with Crippen LogP contribution in [0.15, 0.2) is 176 Å². The van der Waals surface area contributed by atoms with Gasteiger partial charge in [0.15, 0.2) is 0 Å². The average molecular weight is 625 g/mol. The maximum absolute atomic E-state index is 2.47. The van der Waals surface area contributed by atoms with Gasteiger partial charge in [-0.25, -0.2) is 0 Å². The van der Waals surface area contributed by atoms with Gasteiger partial charge in [0.1, 0.15) is 0 Å². The van der Waals surface area contributed by atoms with Crippen molar-refractivity contribution in [1.29, 1.82) is 0 Å². The maximum atomic E-state index is 2.47. The lowest BCUT2D eigenvalue weighted by Gasteiger charge is -2.30. The van der Waals surface area contributed by atoms with Gasteiger partial charge in [-0.3, -0.25) is 0 Å². The van der Waals surface area contributed by atoms with E-state index in [1.165, 1.54) is 64.9 Å². The Hall–Kier alpha value is -4.60. The van der Waals surface area contributed by atoms with Crippen molar-refractivity contribution in [3.63, 3.8) is 0 Å². The van der Waals surface area contributed by atoms with Crippen molar-refractivity contribution in [2.24, 2.45) is 0 Å². The van der Waals surface area contributed by atoms with E-state index in [9.17, 15) is 0 Å². The molecule has 0 saturated carbocycles.